The molecule has 4 aliphatic rings. The molecule has 0 radical (unpaired) electrons. The Hall–Kier alpha value is -0.0800. The molecule has 0 aromatic heterocycles. The topological polar surface area (TPSA) is 21.3 Å². The summed E-state index contributed by atoms with van der Waals surface area (Å²) in [5, 5.41) is 3.86. The summed E-state index contributed by atoms with van der Waals surface area (Å²) in [5.74, 6) is 1.90. The van der Waals surface area contributed by atoms with Gasteiger partial charge in [-0.15, -0.1) is 0 Å². The van der Waals surface area contributed by atoms with Crippen LogP contribution < -0.4 is 5.32 Å². The molecular weight excluding hydrogens is 246 g/mol. The van der Waals surface area contributed by atoms with Gasteiger partial charge in [-0.2, -0.15) is 0 Å². The lowest BCUT2D eigenvalue weighted by atomic mass is 9.69. The summed E-state index contributed by atoms with van der Waals surface area (Å²) < 4.78 is 6.25. The molecule has 20 heavy (non-hydrogen) atoms. The fourth-order valence-corrected chi connectivity index (χ4v) is 4.82. The summed E-state index contributed by atoms with van der Waals surface area (Å²) in [4.78, 5) is 0. The van der Waals surface area contributed by atoms with Crippen LogP contribution in [0.5, 0.6) is 0 Å². The summed E-state index contributed by atoms with van der Waals surface area (Å²) in [5.41, 5.74) is 0.492. The lowest BCUT2D eigenvalue weighted by Gasteiger charge is -2.39. The highest BCUT2D eigenvalue weighted by Crippen LogP contribution is 2.52. The van der Waals surface area contributed by atoms with Crippen LogP contribution in [0.1, 0.15) is 70.6 Å². The van der Waals surface area contributed by atoms with E-state index >= 15 is 0 Å². The first kappa shape index (κ1) is 13.6. The van der Waals surface area contributed by atoms with E-state index in [-0.39, 0.29) is 0 Å². The van der Waals surface area contributed by atoms with Gasteiger partial charge in [0.1, 0.15) is 0 Å². The highest BCUT2D eigenvalue weighted by Gasteiger charge is 2.51. The Morgan fingerprint density at radius 1 is 0.950 bits per heavy atom. The molecule has 4 fully saturated rings. The predicted molar refractivity (Wildman–Crippen MR) is 81.7 cm³/mol. The van der Waals surface area contributed by atoms with Crippen molar-refractivity contribution in [1.29, 1.82) is 0 Å². The number of nitrogens with one attached hydrogen (secondary N) is 1. The highest BCUT2D eigenvalue weighted by atomic mass is 16.5. The molecule has 1 aliphatic heterocycles. The third-order valence-corrected chi connectivity index (χ3v) is 6.29. The zero-order valence-electron chi connectivity index (χ0n) is 12.9. The molecule has 2 atom stereocenters. The standard InChI is InChI=1S/C18H31NO/c1-2-4-14(5-3-1)12-18(13-19-16-8-9-16)10-11-20-17(18)15-6-7-15/h14-17,19H,1-13H2. The van der Waals surface area contributed by atoms with E-state index in [0.717, 1.165) is 24.5 Å². The van der Waals surface area contributed by atoms with Gasteiger partial charge in [0, 0.05) is 24.6 Å². The van der Waals surface area contributed by atoms with E-state index < -0.39 is 0 Å². The molecule has 0 spiro atoms. The summed E-state index contributed by atoms with van der Waals surface area (Å²) in [6, 6.07) is 0.846. The molecule has 4 rings (SSSR count). The Morgan fingerprint density at radius 3 is 2.45 bits per heavy atom. The van der Waals surface area contributed by atoms with Gasteiger partial charge in [-0.3, -0.25) is 0 Å². The molecule has 1 heterocycles. The average molecular weight is 277 g/mol. The van der Waals surface area contributed by atoms with Gasteiger partial charge in [0.2, 0.25) is 0 Å². The Balaban J connectivity index is 1.45. The van der Waals surface area contributed by atoms with Crippen molar-refractivity contribution in [3.05, 3.63) is 0 Å². The summed E-state index contributed by atoms with van der Waals surface area (Å²) in [6.45, 7) is 2.27. The normalized spacial score (nSPS) is 39.3. The Morgan fingerprint density at radius 2 is 1.75 bits per heavy atom. The van der Waals surface area contributed by atoms with E-state index in [1.807, 2.05) is 0 Å². The second-order valence-electron chi connectivity index (χ2n) is 8.10. The van der Waals surface area contributed by atoms with Crippen LogP contribution in [-0.2, 0) is 4.74 Å². The number of hydrogen-bond acceptors (Lipinski definition) is 2. The zero-order chi connectivity index (χ0) is 13.4. The second kappa shape index (κ2) is 5.61. The summed E-state index contributed by atoms with van der Waals surface area (Å²) in [7, 11) is 0. The largest absolute Gasteiger partial charge is 0.377 e. The molecule has 2 unspecified atom stereocenters. The molecule has 0 amide bonds. The molecule has 114 valence electrons. The van der Waals surface area contributed by atoms with Crippen LogP contribution in [0.15, 0.2) is 0 Å². The second-order valence-corrected chi connectivity index (χ2v) is 8.10. The van der Waals surface area contributed by atoms with E-state index in [4.69, 9.17) is 4.74 Å². The molecular formula is C18H31NO. The molecule has 1 saturated heterocycles. The smallest absolute Gasteiger partial charge is 0.0672 e. The number of rotatable bonds is 6. The third kappa shape index (κ3) is 2.92. The molecule has 0 aromatic carbocycles. The third-order valence-electron chi connectivity index (χ3n) is 6.29. The first-order chi connectivity index (χ1) is 9.86. The van der Waals surface area contributed by atoms with E-state index in [9.17, 15) is 0 Å². The van der Waals surface area contributed by atoms with E-state index in [0.29, 0.717) is 11.5 Å². The maximum atomic E-state index is 6.25. The van der Waals surface area contributed by atoms with Crippen molar-refractivity contribution in [3.8, 4) is 0 Å². The number of hydrogen-bond donors (Lipinski definition) is 1. The monoisotopic (exact) mass is 277 g/mol. The lowest BCUT2D eigenvalue weighted by molar-refractivity contribution is 0.0153. The van der Waals surface area contributed by atoms with Crippen molar-refractivity contribution in [2.24, 2.45) is 17.3 Å². The zero-order valence-corrected chi connectivity index (χ0v) is 12.9. The first-order valence-electron chi connectivity index (χ1n) is 9.21. The van der Waals surface area contributed by atoms with Gasteiger partial charge in [-0.1, -0.05) is 32.1 Å². The van der Waals surface area contributed by atoms with E-state index in [1.54, 1.807) is 0 Å². The quantitative estimate of drug-likeness (QED) is 0.795. The van der Waals surface area contributed by atoms with Crippen LogP contribution in [-0.4, -0.2) is 25.3 Å². The Kier molecular flexibility index (Phi) is 3.80. The van der Waals surface area contributed by atoms with Gasteiger partial charge in [0.05, 0.1) is 6.10 Å². The van der Waals surface area contributed by atoms with Crippen molar-refractivity contribution >= 4 is 0 Å². The minimum atomic E-state index is 0.492. The highest BCUT2D eigenvalue weighted by molar-refractivity contribution is 5.02. The summed E-state index contributed by atoms with van der Waals surface area (Å²) >= 11 is 0. The van der Waals surface area contributed by atoms with E-state index in [2.05, 4.69) is 5.32 Å². The predicted octanol–water partition coefficient (Wildman–Crippen LogP) is 3.89. The first-order valence-corrected chi connectivity index (χ1v) is 9.21. The van der Waals surface area contributed by atoms with Crippen LogP contribution >= 0.6 is 0 Å². The fourth-order valence-electron chi connectivity index (χ4n) is 4.82. The Bertz CT molecular complexity index is 330. The SMILES string of the molecule is C1CCC(CC2(CNC3CC3)CCOC2C2CC2)CC1. The molecule has 1 N–H and O–H groups in total. The van der Waals surface area contributed by atoms with Crippen LogP contribution in [0.3, 0.4) is 0 Å². The van der Waals surface area contributed by atoms with E-state index in [1.165, 1.54) is 77.2 Å². The van der Waals surface area contributed by atoms with Crippen LogP contribution in [0.4, 0.5) is 0 Å². The van der Waals surface area contributed by atoms with Crippen molar-refractivity contribution in [2.75, 3.05) is 13.2 Å². The molecule has 0 aromatic rings. The molecule has 3 saturated carbocycles. The van der Waals surface area contributed by atoms with Crippen LogP contribution in [0.2, 0.25) is 0 Å². The van der Waals surface area contributed by atoms with Crippen LogP contribution in [0.25, 0.3) is 0 Å². The average Bonchev–Trinajstić information content (AvgIpc) is 3.39. The molecule has 3 aliphatic carbocycles. The summed E-state index contributed by atoms with van der Waals surface area (Å²) in [6.07, 6.45) is 16.5. The van der Waals surface area contributed by atoms with Crippen molar-refractivity contribution < 1.29 is 4.74 Å². The van der Waals surface area contributed by atoms with Crippen LogP contribution in [0, 0.1) is 17.3 Å². The minimum absolute atomic E-state index is 0.492. The van der Waals surface area contributed by atoms with Gasteiger partial charge >= 0.3 is 0 Å². The molecule has 0 bridgehead atoms. The minimum Gasteiger partial charge on any atom is -0.377 e. The van der Waals surface area contributed by atoms with Gasteiger partial charge < -0.3 is 10.1 Å². The maximum absolute atomic E-state index is 6.25. The number of ether oxygens (including phenoxy) is 1. The lowest BCUT2D eigenvalue weighted by Crippen LogP contribution is -2.44. The van der Waals surface area contributed by atoms with Gasteiger partial charge in [-0.25, -0.2) is 0 Å². The van der Waals surface area contributed by atoms with Gasteiger partial charge in [-0.05, 0) is 50.4 Å². The molecule has 2 nitrogen and oxygen atoms in total. The van der Waals surface area contributed by atoms with Crippen molar-refractivity contribution in [3.63, 3.8) is 0 Å². The Labute approximate surface area is 124 Å². The van der Waals surface area contributed by atoms with Gasteiger partial charge in [0.25, 0.3) is 0 Å². The van der Waals surface area contributed by atoms with Crippen molar-refractivity contribution in [1.82, 2.24) is 5.32 Å². The van der Waals surface area contributed by atoms with Crippen molar-refractivity contribution in [2.45, 2.75) is 82.8 Å². The maximum Gasteiger partial charge on any atom is 0.0672 e. The van der Waals surface area contributed by atoms with Gasteiger partial charge in [0.15, 0.2) is 0 Å². The molecule has 2 heteroatoms. The fraction of sp³-hybridized carbons (Fsp3) is 1.00.